The molecule has 1 aliphatic heterocycles. The van der Waals surface area contributed by atoms with Crippen LogP contribution in [0.4, 0.5) is 15.8 Å². The van der Waals surface area contributed by atoms with E-state index in [1.165, 1.54) is 12.8 Å². The number of thioether (sulfide) groups is 1. The zero-order valence-corrected chi connectivity index (χ0v) is 21.7. The van der Waals surface area contributed by atoms with E-state index in [0.717, 1.165) is 53.4 Å². The highest BCUT2D eigenvalue weighted by atomic mass is 32.2. The van der Waals surface area contributed by atoms with E-state index in [-0.39, 0.29) is 6.29 Å². The maximum atomic E-state index is 13.2. The van der Waals surface area contributed by atoms with Crippen molar-refractivity contribution in [1.82, 2.24) is 4.31 Å². The molecular weight excluding hydrogens is 459 g/mol. The Hall–Kier alpha value is -2.00. The molecule has 1 N–H and O–H groups in total. The topological polar surface area (TPSA) is 53.0 Å². The first kappa shape index (κ1) is 29.0. The number of allylic oxidation sites excluding steroid dienone is 1. The van der Waals surface area contributed by atoms with Gasteiger partial charge in [-0.15, -0.1) is 11.8 Å². The second-order valence-corrected chi connectivity index (χ2v) is 9.42. The molecule has 0 bridgehead atoms. The third-order valence-corrected chi connectivity index (χ3v) is 6.42. The van der Waals surface area contributed by atoms with Crippen LogP contribution in [0.2, 0.25) is 0 Å². The summed E-state index contributed by atoms with van der Waals surface area (Å²) in [5.74, 6) is 0.467. The maximum Gasteiger partial charge on any atom is 0.197 e. The summed E-state index contributed by atoms with van der Waals surface area (Å²) in [5, 5.41) is 7.00. The maximum absolute atomic E-state index is 13.2. The largest absolute Gasteiger partial charge is 0.461 e. The Bertz CT molecular complexity index is 864. The SMILES string of the molecule is CCCC.CCSc1cc2c(cc1O/C=C(\F)C=O)SN(C)CCN2c1ccccc1.CO. The highest BCUT2D eigenvalue weighted by Gasteiger charge is 2.23. The number of likely N-dealkylation sites (N-methyl/N-ethyl adjacent to an activating group) is 1. The lowest BCUT2D eigenvalue weighted by Gasteiger charge is -2.25. The van der Waals surface area contributed by atoms with E-state index in [2.05, 4.69) is 48.2 Å². The van der Waals surface area contributed by atoms with E-state index in [1.54, 1.807) is 23.7 Å². The van der Waals surface area contributed by atoms with Crippen LogP contribution in [0.1, 0.15) is 33.6 Å². The molecule has 0 saturated heterocycles. The molecule has 1 aliphatic rings. The van der Waals surface area contributed by atoms with Gasteiger partial charge in [0.1, 0.15) is 12.0 Å². The van der Waals surface area contributed by atoms with Crippen molar-refractivity contribution >= 4 is 41.4 Å². The molecule has 0 aliphatic carbocycles. The summed E-state index contributed by atoms with van der Waals surface area (Å²) in [6.07, 6.45) is 3.63. The van der Waals surface area contributed by atoms with Gasteiger partial charge in [-0.2, -0.15) is 4.39 Å². The van der Waals surface area contributed by atoms with Crippen LogP contribution in [-0.2, 0) is 4.79 Å². The van der Waals surface area contributed by atoms with Gasteiger partial charge in [0.25, 0.3) is 0 Å². The van der Waals surface area contributed by atoms with Crippen LogP contribution in [0, 0.1) is 0 Å². The number of fused-ring (bicyclic) bond motifs is 1. The average Bonchev–Trinajstić information content (AvgIpc) is 3.02. The number of aldehydes is 1. The van der Waals surface area contributed by atoms with Crippen LogP contribution >= 0.6 is 23.7 Å². The Morgan fingerprint density at radius 2 is 1.82 bits per heavy atom. The summed E-state index contributed by atoms with van der Waals surface area (Å²) in [6, 6.07) is 14.3. The number of benzene rings is 2. The summed E-state index contributed by atoms with van der Waals surface area (Å²) in [7, 11) is 3.05. The number of carbonyl (C=O) groups excluding carboxylic acids is 1. The number of halogens is 1. The van der Waals surface area contributed by atoms with Gasteiger partial charge >= 0.3 is 0 Å². The quantitative estimate of drug-likeness (QED) is 0.151. The Balaban J connectivity index is 0.000000820. The summed E-state index contributed by atoms with van der Waals surface area (Å²) in [6.45, 7) is 8.16. The number of rotatable bonds is 7. The summed E-state index contributed by atoms with van der Waals surface area (Å²) in [5.41, 5.74) is 2.22. The third-order valence-electron chi connectivity index (χ3n) is 4.49. The fourth-order valence-electron chi connectivity index (χ4n) is 2.77. The van der Waals surface area contributed by atoms with Crippen LogP contribution in [0.15, 0.2) is 64.3 Å². The highest BCUT2D eigenvalue weighted by Crippen LogP contribution is 2.44. The molecule has 182 valence electrons. The molecule has 2 aromatic rings. The van der Waals surface area contributed by atoms with Crippen molar-refractivity contribution in [2.24, 2.45) is 0 Å². The minimum Gasteiger partial charge on any atom is -0.461 e. The number of nitrogens with zero attached hydrogens (tertiary/aromatic N) is 2. The molecule has 0 atom stereocenters. The Morgan fingerprint density at radius 3 is 2.39 bits per heavy atom. The van der Waals surface area contributed by atoms with Crippen molar-refractivity contribution in [2.75, 3.05) is 37.9 Å². The molecule has 33 heavy (non-hydrogen) atoms. The molecule has 0 radical (unpaired) electrons. The number of para-hydroxylation sites is 1. The number of aliphatic hydroxyl groups excluding tert-OH is 1. The molecule has 5 nitrogen and oxygen atoms in total. The molecule has 0 unspecified atom stereocenters. The molecule has 2 aromatic carbocycles. The number of anilines is 2. The smallest absolute Gasteiger partial charge is 0.197 e. The molecule has 0 aromatic heterocycles. The van der Waals surface area contributed by atoms with E-state index >= 15 is 0 Å². The standard InChI is InChI=1S/C20H21FN2O2S2.C4H10.CH4O/c1-3-26-20-11-17-19(12-18(20)25-14-15(21)13-24)27-22(2)9-10-23(17)16-7-5-4-6-8-16;1-3-4-2;1-2/h4-8,11-14H,3,9-10H2,1-2H3;3-4H2,1-2H3;2H,1H3/b15-14-;;. The Kier molecular flexibility index (Phi) is 14.6. The lowest BCUT2D eigenvalue weighted by atomic mass is 10.2. The minimum absolute atomic E-state index is 0.135. The number of aliphatic hydroxyl groups is 1. The van der Waals surface area contributed by atoms with Crippen molar-refractivity contribution in [3.05, 3.63) is 54.6 Å². The second kappa shape index (κ2) is 16.6. The molecule has 0 saturated carbocycles. The molecule has 3 rings (SSSR count). The zero-order chi connectivity index (χ0) is 24.6. The van der Waals surface area contributed by atoms with Gasteiger partial charge in [0, 0.05) is 25.9 Å². The number of hydrogen-bond acceptors (Lipinski definition) is 7. The normalized spacial score (nSPS) is 13.5. The summed E-state index contributed by atoms with van der Waals surface area (Å²) < 4.78 is 20.9. The van der Waals surface area contributed by atoms with E-state index in [0.29, 0.717) is 5.75 Å². The van der Waals surface area contributed by atoms with Crippen molar-refractivity contribution in [2.45, 2.75) is 43.4 Å². The summed E-state index contributed by atoms with van der Waals surface area (Å²) in [4.78, 5) is 14.7. The van der Waals surface area contributed by atoms with E-state index in [4.69, 9.17) is 9.84 Å². The lowest BCUT2D eigenvalue weighted by molar-refractivity contribution is -0.106. The Morgan fingerprint density at radius 1 is 1.15 bits per heavy atom. The van der Waals surface area contributed by atoms with Crippen LogP contribution < -0.4 is 9.64 Å². The van der Waals surface area contributed by atoms with E-state index in [1.807, 2.05) is 31.3 Å². The van der Waals surface area contributed by atoms with Crippen molar-refractivity contribution in [3.8, 4) is 5.75 Å². The van der Waals surface area contributed by atoms with Crippen LogP contribution in [0.25, 0.3) is 0 Å². The molecule has 8 heteroatoms. The predicted molar refractivity (Wildman–Crippen MR) is 139 cm³/mol. The molecule has 1 heterocycles. The first-order valence-electron chi connectivity index (χ1n) is 11.0. The number of unbranched alkanes of at least 4 members (excludes halogenated alkanes) is 1. The minimum atomic E-state index is -0.937. The highest BCUT2D eigenvalue weighted by molar-refractivity contribution is 7.99. The molecule has 0 amide bonds. The van der Waals surface area contributed by atoms with Gasteiger partial charge in [0.15, 0.2) is 12.1 Å². The van der Waals surface area contributed by atoms with Gasteiger partial charge in [-0.05, 0) is 49.0 Å². The first-order valence-corrected chi connectivity index (χ1v) is 12.7. The second-order valence-electron chi connectivity index (χ2n) is 6.87. The monoisotopic (exact) mass is 494 g/mol. The summed E-state index contributed by atoms with van der Waals surface area (Å²) >= 11 is 3.25. The van der Waals surface area contributed by atoms with Crippen LogP contribution in [0.5, 0.6) is 5.75 Å². The van der Waals surface area contributed by atoms with E-state index in [9.17, 15) is 9.18 Å². The van der Waals surface area contributed by atoms with Crippen molar-refractivity contribution < 1.29 is 19.0 Å². The lowest BCUT2D eigenvalue weighted by Crippen LogP contribution is -2.24. The van der Waals surface area contributed by atoms with Crippen molar-refractivity contribution in [1.29, 1.82) is 0 Å². The molecule has 0 spiro atoms. The predicted octanol–water partition coefficient (Wildman–Crippen LogP) is 6.69. The van der Waals surface area contributed by atoms with Gasteiger partial charge in [0.05, 0.1) is 15.5 Å². The van der Waals surface area contributed by atoms with Gasteiger partial charge in [-0.1, -0.05) is 51.8 Å². The van der Waals surface area contributed by atoms with Gasteiger partial charge in [0.2, 0.25) is 0 Å². The number of hydrogen-bond donors (Lipinski definition) is 1. The van der Waals surface area contributed by atoms with Gasteiger partial charge in [-0.3, -0.25) is 4.79 Å². The van der Waals surface area contributed by atoms with Crippen LogP contribution in [-0.4, -0.2) is 48.7 Å². The molecular formula is C25H35FN2O3S2. The van der Waals surface area contributed by atoms with Gasteiger partial charge < -0.3 is 14.7 Å². The first-order chi connectivity index (χ1) is 16.0. The number of carbonyl (C=O) groups is 1. The number of ether oxygens (including phenoxy) is 1. The molecule has 0 fully saturated rings. The fourth-order valence-corrected chi connectivity index (χ4v) is 4.46. The zero-order valence-electron chi connectivity index (χ0n) is 20.1. The fraction of sp³-hybridized carbons (Fsp3) is 0.400. The van der Waals surface area contributed by atoms with E-state index < -0.39 is 5.83 Å². The van der Waals surface area contributed by atoms with Crippen LogP contribution in [0.3, 0.4) is 0 Å². The average molecular weight is 495 g/mol. The Labute approximate surface area is 206 Å². The van der Waals surface area contributed by atoms with Gasteiger partial charge in [-0.25, -0.2) is 4.31 Å². The third kappa shape index (κ3) is 9.41. The van der Waals surface area contributed by atoms with Crippen molar-refractivity contribution in [3.63, 3.8) is 0 Å².